The molecule has 0 N–H and O–H groups in total. The Hall–Kier alpha value is -2.47. The molecule has 1 atom stereocenters. The van der Waals surface area contributed by atoms with Gasteiger partial charge in [0.25, 0.3) is 0 Å². The highest BCUT2D eigenvalue weighted by Crippen LogP contribution is 2.23. The molecule has 0 bridgehead atoms. The van der Waals surface area contributed by atoms with E-state index in [0.29, 0.717) is 5.75 Å². The molecule has 3 heteroatoms. The summed E-state index contributed by atoms with van der Waals surface area (Å²) in [5, 5.41) is 8.65. The molecule has 0 fully saturated rings. The summed E-state index contributed by atoms with van der Waals surface area (Å²) in [7, 11) is 0. The van der Waals surface area contributed by atoms with Gasteiger partial charge in [0.2, 0.25) is 0 Å². The van der Waals surface area contributed by atoms with E-state index >= 15 is 0 Å². The lowest BCUT2D eigenvalue weighted by molar-refractivity contribution is 0.276. The molecule has 0 aliphatic heterocycles. The highest BCUT2D eigenvalue weighted by Gasteiger charge is 2.02. The van der Waals surface area contributed by atoms with Gasteiger partial charge in [-0.2, -0.15) is 5.26 Å². The Labute approximate surface area is 106 Å². The van der Waals surface area contributed by atoms with Crippen molar-refractivity contribution in [2.75, 3.05) is 0 Å². The van der Waals surface area contributed by atoms with Crippen LogP contribution in [0.1, 0.15) is 6.92 Å². The number of nitriles is 1. The van der Waals surface area contributed by atoms with E-state index in [2.05, 4.69) is 0 Å². The average Bonchev–Trinajstić information content (AvgIpc) is 2.42. The van der Waals surface area contributed by atoms with Gasteiger partial charge in [0.1, 0.15) is 23.3 Å². The molecule has 0 aliphatic rings. The Kier molecular flexibility index (Phi) is 3.83. The van der Waals surface area contributed by atoms with Crippen molar-refractivity contribution in [3.05, 3.63) is 54.6 Å². The summed E-state index contributed by atoms with van der Waals surface area (Å²) in [6.45, 7) is 1.70. The maximum Gasteiger partial charge on any atom is 0.181 e. The smallest absolute Gasteiger partial charge is 0.181 e. The number of para-hydroxylation sites is 1. The van der Waals surface area contributed by atoms with Crippen LogP contribution in [0.2, 0.25) is 0 Å². The van der Waals surface area contributed by atoms with E-state index in [4.69, 9.17) is 14.7 Å². The second kappa shape index (κ2) is 5.74. The van der Waals surface area contributed by atoms with Gasteiger partial charge < -0.3 is 9.47 Å². The molecule has 0 aromatic heterocycles. The number of hydrogen-bond acceptors (Lipinski definition) is 3. The molecule has 2 aromatic carbocycles. The third kappa shape index (κ3) is 3.26. The van der Waals surface area contributed by atoms with E-state index in [1.54, 1.807) is 19.1 Å². The van der Waals surface area contributed by atoms with Gasteiger partial charge in [-0.05, 0) is 43.3 Å². The van der Waals surface area contributed by atoms with Gasteiger partial charge in [0, 0.05) is 0 Å². The van der Waals surface area contributed by atoms with E-state index in [1.165, 1.54) is 0 Å². The second-order valence-corrected chi connectivity index (χ2v) is 3.78. The lowest BCUT2D eigenvalue weighted by atomic mass is 10.3. The topological polar surface area (TPSA) is 42.2 Å². The summed E-state index contributed by atoms with van der Waals surface area (Å²) in [4.78, 5) is 0. The SMILES string of the molecule is CC(C#N)Oc1ccc(Oc2ccccc2)cc1. The number of benzene rings is 2. The second-order valence-electron chi connectivity index (χ2n) is 3.78. The van der Waals surface area contributed by atoms with Crippen LogP contribution in [-0.4, -0.2) is 6.10 Å². The minimum atomic E-state index is -0.453. The molecule has 0 aliphatic carbocycles. The fraction of sp³-hybridized carbons (Fsp3) is 0.133. The molecule has 0 amide bonds. The van der Waals surface area contributed by atoms with Gasteiger partial charge in [-0.15, -0.1) is 0 Å². The van der Waals surface area contributed by atoms with Crippen molar-refractivity contribution in [2.24, 2.45) is 0 Å². The Bertz CT molecular complexity index is 529. The van der Waals surface area contributed by atoms with Crippen LogP contribution in [-0.2, 0) is 0 Å². The molecule has 90 valence electrons. The summed E-state index contributed by atoms with van der Waals surface area (Å²) in [6, 6.07) is 18.8. The van der Waals surface area contributed by atoms with E-state index in [9.17, 15) is 0 Å². The van der Waals surface area contributed by atoms with Gasteiger partial charge >= 0.3 is 0 Å². The lowest BCUT2D eigenvalue weighted by Gasteiger charge is -2.09. The third-order valence-corrected chi connectivity index (χ3v) is 2.30. The van der Waals surface area contributed by atoms with E-state index < -0.39 is 6.10 Å². The highest BCUT2D eigenvalue weighted by molar-refractivity contribution is 5.35. The summed E-state index contributed by atoms with van der Waals surface area (Å²) in [6.07, 6.45) is -0.453. The van der Waals surface area contributed by atoms with Gasteiger partial charge in [-0.1, -0.05) is 18.2 Å². The lowest BCUT2D eigenvalue weighted by Crippen LogP contribution is -2.07. The van der Waals surface area contributed by atoms with Crippen molar-refractivity contribution >= 4 is 0 Å². The molecule has 0 saturated carbocycles. The molecule has 1 unspecified atom stereocenters. The maximum absolute atomic E-state index is 8.65. The van der Waals surface area contributed by atoms with Gasteiger partial charge in [0.05, 0.1) is 0 Å². The van der Waals surface area contributed by atoms with Crippen LogP contribution >= 0.6 is 0 Å². The van der Waals surface area contributed by atoms with Crippen LogP contribution in [0.3, 0.4) is 0 Å². The molecule has 3 nitrogen and oxygen atoms in total. The molecule has 0 saturated heterocycles. The quantitative estimate of drug-likeness (QED) is 0.815. The van der Waals surface area contributed by atoms with Crippen molar-refractivity contribution in [1.82, 2.24) is 0 Å². The van der Waals surface area contributed by atoms with Crippen molar-refractivity contribution in [1.29, 1.82) is 5.26 Å². The molecule has 0 radical (unpaired) electrons. The standard InChI is InChI=1S/C15H13NO2/c1-12(11-16)17-14-7-9-15(10-8-14)18-13-5-3-2-4-6-13/h2-10,12H,1H3. The Morgan fingerprint density at radius 2 is 1.44 bits per heavy atom. The molecular weight excluding hydrogens is 226 g/mol. The average molecular weight is 239 g/mol. The highest BCUT2D eigenvalue weighted by atomic mass is 16.5. The number of rotatable bonds is 4. The number of nitrogens with zero attached hydrogens (tertiary/aromatic N) is 1. The predicted molar refractivity (Wildman–Crippen MR) is 68.7 cm³/mol. The monoisotopic (exact) mass is 239 g/mol. The zero-order chi connectivity index (χ0) is 12.8. The van der Waals surface area contributed by atoms with Crippen LogP contribution < -0.4 is 9.47 Å². The fourth-order valence-electron chi connectivity index (χ4n) is 1.44. The zero-order valence-corrected chi connectivity index (χ0v) is 10.0. The first-order chi connectivity index (χ1) is 8.78. The molecule has 0 heterocycles. The van der Waals surface area contributed by atoms with Crippen molar-refractivity contribution in [2.45, 2.75) is 13.0 Å². The van der Waals surface area contributed by atoms with E-state index in [0.717, 1.165) is 11.5 Å². The fourth-order valence-corrected chi connectivity index (χ4v) is 1.44. The largest absolute Gasteiger partial charge is 0.476 e. The van der Waals surface area contributed by atoms with Crippen LogP contribution in [0.25, 0.3) is 0 Å². The zero-order valence-electron chi connectivity index (χ0n) is 10.0. The Balaban J connectivity index is 2.02. The Morgan fingerprint density at radius 3 is 2.06 bits per heavy atom. The summed E-state index contributed by atoms with van der Waals surface area (Å²) >= 11 is 0. The van der Waals surface area contributed by atoms with Crippen LogP contribution in [0.15, 0.2) is 54.6 Å². The van der Waals surface area contributed by atoms with Gasteiger partial charge in [0.15, 0.2) is 6.10 Å². The maximum atomic E-state index is 8.65. The van der Waals surface area contributed by atoms with Crippen LogP contribution in [0.5, 0.6) is 17.2 Å². The first-order valence-electron chi connectivity index (χ1n) is 5.67. The van der Waals surface area contributed by atoms with E-state index in [1.807, 2.05) is 48.5 Å². The van der Waals surface area contributed by atoms with E-state index in [-0.39, 0.29) is 0 Å². The van der Waals surface area contributed by atoms with Gasteiger partial charge in [-0.25, -0.2) is 0 Å². The summed E-state index contributed by atoms with van der Waals surface area (Å²) in [5.41, 5.74) is 0. The molecule has 2 rings (SSSR count). The number of ether oxygens (including phenoxy) is 2. The summed E-state index contributed by atoms with van der Waals surface area (Å²) < 4.78 is 11.0. The van der Waals surface area contributed by atoms with Crippen LogP contribution in [0.4, 0.5) is 0 Å². The van der Waals surface area contributed by atoms with Gasteiger partial charge in [-0.3, -0.25) is 0 Å². The molecule has 2 aromatic rings. The molecule has 0 spiro atoms. The van der Waals surface area contributed by atoms with Crippen molar-refractivity contribution < 1.29 is 9.47 Å². The minimum absolute atomic E-state index is 0.453. The Morgan fingerprint density at radius 1 is 0.889 bits per heavy atom. The third-order valence-electron chi connectivity index (χ3n) is 2.30. The normalized spacial score (nSPS) is 11.3. The first-order valence-corrected chi connectivity index (χ1v) is 5.67. The minimum Gasteiger partial charge on any atom is -0.476 e. The van der Waals surface area contributed by atoms with Crippen molar-refractivity contribution in [3.8, 4) is 23.3 Å². The molecular formula is C15H13NO2. The summed E-state index contributed by atoms with van der Waals surface area (Å²) in [5.74, 6) is 2.18. The molecule has 18 heavy (non-hydrogen) atoms. The predicted octanol–water partition coefficient (Wildman–Crippen LogP) is 3.77. The first kappa shape index (κ1) is 12.0. The number of hydrogen-bond donors (Lipinski definition) is 0. The van der Waals surface area contributed by atoms with Crippen molar-refractivity contribution in [3.63, 3.8) is 0 Å². The van der Waals surface area contributed by atoms with Crippen LogP contribution in [0, 0.1) is 11.3 Å².